The van der Waals surface area contributed by atoms with Gasteiger partial charge in [-0.2, -0.15) is 5.26 Å². The fourth-order valence-corrected chi connectivity index (χ4v) is 4.00. The second kappa shape index (κ2) is 18.1. The van der Waals surface area contributed by atoms with Gasteiger partial charge in [0.2, 0.25) is 0 Å². The third-order valence-electron chi connectivity index (χ3n) is 6.08. The molecule has 0 aliphatic carbocycles. The zero-order valence-electron chi connectivity index (χ0n) is 18.9. The maximum Gasteiger partial charge on any atom is 0.355 e. The molecule has 0 aromatic rings. The fraction of sp³-hybridized carbons (Fsp3) is 0.917. The van der Waals surface area contributed by atoms with Crippen molar-refractivity contribution in [3.8, 4) is 0 Å². The zero-order chi connectivity index (χ0) is 21.1. The van der Waals surface area contributed by atoms with Crippen molar-refractivity contribution in [3.05, 3.63) is 0 Å². The molecule has 166 valence electrons. The van der Waals surface area contributed by atoms with Crippen LogP contribution in [0.2, 0.25) is 0 Å². The van der Waals surface area contributed by atoms with Crippen molar-refractivity contribution in [3.63, 3.8) is 0 Å². The molecule has 0 aliphatic heterocycles. The highest BCUT2D eigenvalue weighted by Gasteiger charge is 2.44. The van der Waals surface area contributed by atoms with E-state index in [9.17, 15) is 9.59 Å². The highest BCUT2D eigenvalue weighted by molar-refractivity contribution is 6.03. The van der Waals surface area contributed by atoms with Gasteiger partial charge in [0.1, 0.15) is 11.2 Å². The average molecular weight is 399 g/mol. The van der Waals surface area contributed by atoms with Crippen molar-refractivity contribution in [2.75, 3.05) is 0 Å². The van der Waals surface area contributed by atoms with Crippen LogP contribution < -0.4 is 0 Å². The van der Waals surface area contributed by atoms with E-state index < -0.39 is 11.4 Å². The largest absolute Gasteiger partial charge is 0.355 e. The molecule has 0 rings (SSSR count). The molecule has 0 saturated heterocycles. The number of carbonyl (C=O) groups excluding carboxylic acids is 2. The molecule has 0 saturated carbocycles. The van der Waals surface area contributed by atoms with Gasteiger partial charge in [-0.15, -0.1) is 0 Å². The van der Waals surface area contributed by atoms with Crippen LogP contribution in [0, 0.1) is 5.41 Å². The van der Waals surface area contributed by atoms with E-state index in [0.29, 0.717) is 19.3 Å². The third-order valence-corrected chi connectivity index (χ3v) is 6.08. The van der Waals surface area contributed by atoms with E-state index in [2.05, 4.69) is 18.7 Å². The van der Waals surface area contributed by atoms with Gasteiger partial charge in [0, 0.05) is 6.42 Å². The van der Waals surface area contributed by atoms with E-state index in [1.165, 1.54) is 51.4 Å². The lowest BCUT2D eigenvalue weighted by molar-refractivity contribution is -0.245. The number of rotatable bonds is 20. The number of unbranched alkanes of at least 4 members (excludes halogenated alkanes) is 13. The van der Waals surface area contributed by atoms with Gasteiger partial charge in [0.05, 0.1) is 0 Å². The summed E-state index contributed by atoms with van der Waals surface area (Å²) in [4.78, 5) is 29.0. The first-order chi connectivity index (χ1) is 13.6. The van der Waals surface area contributed by atoms with Crippen molar-refractivity contribution < 1.29 is 19.7 Å². The first kappa shape index (κ1) is 27.1. The minimum absolute atomic E-state index is 0.0542. The van der Waals surface area contributed by atoms with E-state index in [-0.39, 0.29) is 5.78 Å². The number of hydrogen-bond donors (Lipinski definition) is 1. The number of ketones is 1. The Hall–Kier alpha value is -0.900. The second-order valence-corrected chi connectivity index (χ2v) is 8.33. The summed E-state index contributed by atoms with van der Waals surface area (Å²) < 4.78 is 0. The average Bonchev–Trinajstić information content (AvgIpc) is 2.71. The van der Waals surface area contributed by atoms with Gasteiger partial charge in [-0.3, -0.25) is 9.68 Å². The Balaban J connectivity index is 4.12. The predicted molar refractivity (Wildman–Crippen MR) is 116 cm³/mol. The fourth-order valence-electron chi connectivity index (χ4n) is 4.00. The molecule has 0 amide bonds. The Morgan fingerprint density at radius 3 is 1.54 bits per heavy atom. The third kappa shape index (κ3) is 11.2. The van der Waals surface area contributed by atoms with Crippen LogP contribution in [0.5, 0.6) is 0 Å². The molecule has 0 aliphatic rings. The lowest BCUT2D eigenvalue weighted by atomic mass is 9.74. The van der Waals surface area contributed by atoms with Crippen LogP contribution in [-0.2, 0) is 14.5 Å². The van der Waals surface area contributed by atoms with Crippen molar-refractivity contribution in [2.45, 2.75) is 136 Å². The van der Waals surface area contributed by atoms with E-state index in [0.717, 1.165) is 44.9 Å². The van der Waals surface area contributed by atoms with E-state index >= 15 is 0 Å². The standard InChI is InChI=1S/C24H46O4/c1-4-7-9-11-12-13-14-15-16-17-18-20-22(25)24(6-3,23(26)28-27)21-19-10-8-5-2/h27H,4-21H2,1-3H3. The molecular formula is C24H46O4. The highest BCUT2D eigenvalue weighted by atomic mass is 17.1. The first-order valence-electron chi connectivity index (χ1n) is 12.0. The summed E-state index contributed by atoms with van der Waals surface area (Å²) in [6, 6.07) is 0. The zero-order valence-corrected chi connectivity index (χ0v) is 18.9. The summed E-state index contributed by atoms with van der Waals surface area (Å²) in [5, 5.41) is 8.91. The van der Waals surface area contributed by atoms with Gasteiger partial charge in [0.25, 0.3) is 0 Å². The van der Waals surface area contributed by atoms with Crippen LogP contribution >= 0.6 is 0 Å². The summed E-state index contributed by atoms with van der Waals surface area (Å²) in [6.07, 6.45) is 18.9. The maximum atomic E-state index is 12.8. The van der Waals surface area contributed by atoms with Crippen molar-refractivity contribution in [1.82, 2.24) is 0 Å². The van der Waals surface area contributed by atoms with Gasteiger partial charge in [0.15, 0.2) is 0 Å². The topological polar surface area (TPSA) is 63.6 Å². The van der Waals surface area contributed by atoms with Crippen LogP contribution in [-0.4, -0.2) is 17.0 Å². The Kier molecular flexibility index (Phi) is 17.6. The van der Waals surface area contributed by atoms with Crippen molar-refractivity contribution >= 4 is 11.8 Å². The molecule has 1 N–H and O–H groups in total. The molecule has 0 heterocycles. The number of Topliss-reactive ketones (excluding diaryl/α,β-unsaturated/α-hetero) is 1. The molecule has 1 atom stereocenters. The molecule has 0 spiro atoms. The molecule has 0 bridgehead atoms. The van der Waals surface area contributed by atoms with Gasteiger partial charge in [-0.25, -0.2) is 4.79 Å². The Morgan fingerprint density at radius 1 is 0.679 bits per heavy atom. The minimum Gasteiger partial charge on any atom is -0.300 e. The Morgan fingerprint density at radius 2 is 1.11 bits per heavy atom. The monoisotopic (exact) mass is 398 g/mol. The molecule has 0 radical (unpaired) electrons. The van der Waals surface area contributed by atoms with Crippen LogP contribution in [0.25, 0.3) is 0 Å². The summed E-state index contributed by atoms with van der Waals surface area (Å²) in [5.74, 6) is -0.818. The number of carbonyl (C=O) groups is 2. The summed E-state index contributed by atoms with van der Waals surface area (Å²) in [7, 11) is 0. The van der Waals surface area contributed by atoms with Gasteiger partial charge >= 0.3 is 5.97 Å². The predicted octanol–water partition coefficient (Wildman–Crippen LogP) is 7.64. The molecule has 0 aromatic heterocycles. The lowest BCUT2D eigenvalue weighted by Gasteiger charge is -2.27. The molecule has 28 heavy (non-hydrogen) atoms. The molecule has 1 unspecified atom stereocenters. The molecule has 0 aromatic carbocycles. The van der Waals surface area contributed by atoms with Crippen molar-refractivity contribution in [1.29, 1.82) is 0 Å². The van der Waals surface area contributed by atoms with E-state index in [4.69, 9.17) is 5.26 Å². The maximum absolute atomic E-state index is 12.8. The minimum atomic E-state index is -1.15. The van der Waals surface area contributed by atoms with Crippen molar-refractivity contribution in [2.24, 2.45) is 5.41 Å². The van der Waals surface area contributed by atoms with Crippen LogP contribution in [0.3, 0.4) is 0 Å². The van der Waals surface area contributed by atoms with E-state index in [1.807, 2.05) is 6.92 Å². The molecule has 0 fully saturated rings. The number of hydrogen-bond acceptors (Lipinski definition) is 4. The van der Waals surface area contributed by atoms with E-state index in [1.54, 1.807) is 0 Å². The Labute approximate surface area is 173 Å². The van der Waals surface area contributed by atoms with Crippen LogP contribution in [0.4, 0.5) is 0 Å². The van der Waals surface area contributed by atoms with Crippen LogP contribution in [0.1, 0.15) is 136 Å². The summed E-state index contributed by atoms with van der Waals surface area (Å²) in [5.41, 5.74) is -1.15. The quantitative estimate of drug-likeness (QED) is 0.0990. The lowest BCUT2D eigenvalue weighted by Crippen LogP contribution is -2.40. The smallest absolute Gasteiger partial charge is 0.300 e. The molecular weight excluding hydrogens is 352 g/mol. The van der Waals surface area contributed by atoms with Gasteiger partial charge < -0.3 is 0 Å². The van der Waals surface area contributed by atoms with Gasteiger partial charge in [-0.1, -0.05) is 111 Å². The normalized spacial score (nSPS) is 13.3. The summed E-state index contributed by atoms with van der Waals surface area (Å²) >= 11 is 0. The first-order valence-corrected chi connectivity index (χ1v) is 12.0. The highest BCUT2D eigenvalue weighted by Crippen LogP contribution is 2.34. The second-order valence-electron chi connectivity index (χ2n) is 8.33. The molecule has 4 heteroatoms. The van der Waals surface area contributed by atoms with Gasteiger partial charge in [-0.05, 0) is 19.3 Å². The van der Waals surface area contributed by atoms with Crippen LogP contribution in [0.15, 0.2) is 0 Å². The molecule has 4 nitrogen and oxygen atoms in total. The Bertz CT molecular complexity index is 394. The SMILES string of the molecule is CCCCCCCCCCCCCC(=O)C(CC)(CCCCCC)C(=O)OO. The summed E-state index contributed by atoms with van der Waals surface area (Å²) in [6.45, 7) is 6.22.